The van der Waals surface area contributed by atoms with Crippen LogP contribution in [0.25, 0.3) is 5.69 Å². The van der Waals surface area contributed by atoms with Crippen LogP contribution in [0.3, 0.4) is 0 Å². The van der Waals surface area contributed by atoms with E-state index in [0.29, 0.717) is 0 Å². The molecule has 3 N–H and O–H groups in total. The first-order valence-electron chi connectivity index (χ1n) is 4.72. The molecule has 0 fully saturated rings. The summed E-state index contributed by atoms with van der Waals surface area (Å²) in [5, 5.41) is 0. The number of nitrogens with zero attached hydrogens (tertiary/aromatic N) is 1. The molecule has 0 bridgehead atoms. The highest BCUT2D eigenvalue weighted by Crippen LogP contribution is 2.03. The lowest BCUT2D eigenvalue weighted by Crippen LogP contribution is -3.00. The van der Waals surface area contributed by atoms with Crippen LogP contribution in [0.4, 0.5) is 0 Å². The van der Waals surface area contributed by atoms with Crippen molar-refractivity contribution in [2.45, 2.75) is 13.8 Å². The molecule has 0 aliphatic rings. The van der Waals surface area contributed by atoms with E-state index in [0.717, 1.165) is 0 Å². The van der Waals surface area contributed by atoms with Crippen LogP contribution in [-0.4, -0.2) is 5.48 Å². The molecule has 0 spiro atoms. The first kappa shape index (κ1) is 18.2. The number of H-pyrrole nitrogens is 1. The Morgan fingerprint density at radius 2 is 1.82 bits per heavy atom. The van der Waals surface area contributed by atoms with Gasteiger partial charge in [0.25, 0.3) is 0 Å². The van der Waals surface area contributed by atoms with Crippen molar-refractivity contribution in [1.82, 2.24) is 0 Å². The third-order valence-electron chi connectivity index (χ3n) is 2.27. The number of aryl methyl sites for hydroxylation is 2. The highest BCUT2D eigenvalue weighted by Gasteiger charge is 2.10. The van der Waals surface area contributed by atoms with Gasteiger partial charge in [-0.15, -0.1) is 0 Å². The zero-order valence-corrected chi connectivity index (χ0v) is 11.3. The predicted molar refractivity (Wildman–Crippen MR) is 57.6 cm³/mol. The molecule has 0 amide bonds. The van der Waals surface area contributed by atoms with Crippen LogP contribution in [0.5, 0.6) is 0 Å². The molecule has 5 heteroatoms. The van der Waals surface area contributed by atoms with Gasteiger partial charge in [-0.2, -0.15) is 4.57 Å². The van der Waals surface area contributed by atoms with Gasteiger partial charge in [-0.05, 0) is 19.9 Å². The van der Waals surface area contributed by atoms with Gasteiger partial charge >= 0.3 is 0 Å². The first-order chi connectivity index (χ1) is 6.77. The Hall–Kier alpha value is -1.16. The van der Waals surface area contributed by atoms with Crippen LogP contribution in [-0.2, 0) is 0 Å². The molecule has 0 atom stereocenters. The van der Waals surface area contributed by atoms with Crippen molar-refractivity contribution in [3.05, 3.63) is 54.1 Å². The molecule has 94 valence electrons. The minimum absolute atomic E-state index is 0. The lowest BCUT2D eigenvalue weighted by atomic mass is 10.2. The minimum Gasteiger partial charge on any atom is -1.00 e. The fourth-order valence-electron chi connectivity index (χ4n) is 1.54. The number of nitrogens with one attached hydrogen (secondary N) is 1. The summed E-state index contributed by atoms with van der Waals surface area (Å²) in [5.41, 5.74) is 3.72. The summed E-state index contributed by atoms with van der Waals surface area (Å²) in [4.78, 5) is 3.07. The smallest absolute Gasteiger partial charge is 0.225 e. The number of rotatable bonds is 1. The van der Waals surface area contributed by atoms with E-state index in [2.05, 4.69) is 54.0 Å². The minimum atomic E-state index is 0. The molecule has 0 saturated heterocycles. The Labute approximate surface area is 114 Å². The molecule has 2 aromatic heterocycles. The van der Waals surface area contributed by atoms with Crippen LogP contribution < -0.4 is 34.4 Å². The summed E-state index contributed by atoms with van der Waals surface area (Å²) in [6.07, 6.45) is 8.14. The normalized spacial score (nSPS) is 8.35. The van der Waals surface area contributed by atoms with Crippen molar-refractivity contribution in [2.75, 3.05) is 0 Å². The second-order valence-corrected chi connectivity index (χ2v) is 3.50. The van der Waals surface area contributed by atoms with E-state index in [1.165, 1.54) is 16.8 Å². The molecule has 0 saturated carbocycles. The van der Waals surface area contributed by atoms with Gasteiger partial charge in [0.2, 0.25) is 5.69 Å². The molecule has 0 aliphatic carbocycles. The molecule has 0 aromatic carbocycles. The number of hydrogen-bond acceptors (Lipinski definition) is 0. The first-order valence-corrected chi connectivity index (χ1v) is 4.72. The lowest BCUT2D eigenvalue weighted by molar-refractivity contribution is -0.597. The van der Waals surface area contributed by atoms with Crippen molar-refractivity contribution in [1.29, 1.82) is 0 Å². The van der Waals surface area contributed by atoms with Crippen LogP contribution in [0.2, 0.25) is 0 Å². The average molecular weight is 275 g/mol. The average Bonchev–Trinajstić information content (AvgIpc) is 2.18. The molecule has 3 nitrogen and oxygen atoms in total. The van der Waals surface area contributed by atoms with E-state index in [1.54, 1.807) is 0 Å². The van der Waals surface area contributed by atoms with E-state index in [4.69, 9.17) is 0 Å². The number of aromatic nitrogens is 2. The second-order valence-electron chi connectivity index (χ2n) is 3.50. The fraction of sp³-hybridized carbons (Fsp3) is 0.167. The van der Waals surface area contributed by atoms with Crippen LogP contribution >= 0.6 is 0 Å². The second kappa shape index (κ2) is 8.01. The van der Waals surface area contributed by atoms with Gasteiger partial charge in [-0.3, -0.25) is 0 Å². The van der Waals surface area contributed by atoms with Crippen LogP contribution in [0.15, 0.2) is 43.0 Å². The maximum Gasteiger partial charge on any atom is 0.225 e. The SMILES string of the molecule is Cc1ccc[n+](-c2cc[nH+]cc2C)c1.O.[Cl-].[Cl-]. The van der Waals surface area contributed by atoms with E-state index >= 15 is 0 Å². The van der Waals surface area contributed by atoms with Gasteiger partial charge in [0.1, 0.15) is 0 Å². The Bertz CT molecular complexity index is 464. The molecule has 0 radical (unpaired) electrons. The zero-order chi connectivity index (χ0) is 9.97. The number of halogens is 2. The summed E-state index contributed by atoms with van der Waals surface area (Å²) in [6, 6.07) is 6.24. The summed E-state index contributed by atoms with van der Waals surface area (Å²) in [5.74, 6) is 0. The molecule has 0 unspecified atom stereocenters. The zero-order valence-electron chi connectivity index (χ0n) is 9.74. The molecule has 0 aliphatic heterocycles. The maximum atomic E-state index is 3.07. The van der Waals surface area contributed by atoms with Crippen LogP contribution in [0, 0.1) is 13.8 Å². The van der Waals surface area contributed by atoms with Gasteiger partial charge in [-0.1, -0.05) is 0 Å². The highest BCUT2D eigenvalue weighted by molar-refractivity contribution is 5.27. The standard InChI is InChI=1S/C12H13N2.2ClH.H2O/c1-10-4-3-7-14(9-10)12-5-6-13-8-11(12)2;;;/h3-9H,1-2H3;2*1H;1H2/q+1;;;/p-1. The molecule has 17 heavy (non-hydrogen) atoms. The third-order valence-corrected chi connectivity index (χ3v) is 2.27. The topological polar surface area (TPSA) is 49.5 Å². The summed E-state index contributed by atoms with van der Waals surface area (Å²) in [6.45, 7) is 4.20. The summed E-state index contributed by atoms with van der Waals surface area (Å²) < 4.78 is 2.14. The van der Waals surface area contributed by atoms with Gasteiger partial charge in [0.05, 0.1) is 11.6 Å². The lowest BCUT2D eigenvalue weighted by Gasteiger charge is -1.96. The van der Waals surface area contributed by atoms with E-state index in [-0.39, 0.29) is 30.3 Å². The van der Waals surface area contributed by atoms with Gasteiger partial charge in [-0.25, -0.2) is 4.98 Å². The van der Waals surface area contributed by atoms with E-state index in [1.807, 2.05) is 12.4 Å². The molecule has 2 heterocycles. The van der Waals surface area contributed by atoms with E-state index < -0.39 is 0 Å². The molecule has 2 aromatic rings. The number of hydrogen-bond donors (Lipinski definition) is 0. The number of pyridine rings is 2. The Kier molecular flexibility index (Phi) is 8.58. The summed E-state index contributed by atoms with van der Waals surface area (Å²) in [7, 11) is 0. The quantitative estimate of drug-likeness (QED) is 0.467. The third kappa shape index (κ3) is 4.30. The fourth-order valence-corrected chi connectivity index (χ4v) is 1.54. The molecule has 2 rings (SSSR count). The summed E-state index contributed by atoms with van der Waals surface area (Å²) >= 11 is 0. The van der Waals surface area contributed by atoms with Crippen molar-refractivity contribution in [3.8, 4) is 5.69 Å². The largest absolute Gasteiger partial charge is 1.00 e. The Balaban J connectivity index is 0. The van der Waals surface area contributed by atoms with Gasteiger partial charge < -0.3 is 30.3 Å². The van der Waals surface area contributed by atoms with Crippen molar-refractivity contribution in [3.63, 3.8) is 0 Å². The Morgan fingerprint density at radius 3 is 2.41 bits per heavy atom. The maximum absolute atomic E-state index is 3.07. The van der Waals surface area contributed by atoms with Gasteiger partial charge in [0.15, 0.2) is 24.8 Å². The Morgan fingerprint density at radius 1 is 1.12 bits per heavy atom. The predicted octanol–water partition coefficient (Wildman–Crippen LogP) is -5.42. The van der Waals surface area contributed by atoms with Crippen molar-refractivity contribution < 1.29 is 39.8 Å². The molecular formula is C12H16Cl2N2O. The van der Waals surface area contributed by atoms with Crippen LogP contribution in [0.1, 0.15) is 11.1 Å². The molecular weight excluding hydrogens is 259 g/mol. The van der Waals surface area contributed by atoms with Crippen molar-refractivity contribution in [2.24, 2.45) is 0 Å². The number of aromatic amines is 1. The highest BCUT2D eigenvalue weighted by atomic mass is 35.5. The monoisotopic (exact) mass is 274 g/mol. The van der Waals surface area contributed by atoms with Crippen molar-refractivity contribution >= 4 is 0 Å². The van der Waals surface area contributed by atoms with Gasteiger partial charge in [0, 0.05) is 11.6 Å². The van der Waals surface area contributed by atoms with E-state index in [9.17, 15) is 0 Å².